The van der Waals surface area contributed by atoms with Crippen LogP contribution in [0, 0.1) is 0 Å². The maximum Gasteiger partial charge on any atom is 0.242 e. The summed E-state index contributed by atoms with van der Waals surface area (Å²) in [5.41, 5.74) is 0.537. The topological polar surface area (TPSA) is 84.2 Å². The van der Waals surface area contributed by atoms with Crippen LogP contribution >= 0.6 is 27.3 Å². The Bertz CT molecular complexity index is 668. The van der Waals surface area contributed by atoms with Gasteiger partial charge in [-0.2, -0.15) is 0 Å². The zero-order valence-electron chi connectivity index (χ0n) is 11.4. The number of aromatic nitrogens is 1. The molecule has 0 radical (unpaired) electrons. The van der Waals surface area contributed by atoms with Crippen molar-refractivity contribution in [3.8, 4) is 0 Å². The van der Waals surface area contributed by atoms with E-state index < -0.39 is 10.0 Å². The Kier molecular flexibility index (Phi) is 5.94. The van der Waals surface area contributed by atoms with Crippen LogP contribution in [-0.4, -0.2) is 20.1 Å². The Morgan fingerprint density at radius 2 is 2.24 bits per heavy atom. The summed E-state index contributed by atoms with van der Waals surface area (Å²) >= 11 is 4.73. The molecular formula is C12H16BrN3O3S2. The first-order valence-corrected chi connectivity index (χ1v) is 9.50. The number of hydrogen-bond donors (Lipinski definition) is 2. The first kappa shape index (κ1) is 16.6. The molecule has 2 N–H and O–H groups in total. The van der Waals surface area contributed by atoms with Crippen molar-refractivity contribution in [2.24, 2.45) is 0 Å². The van der Waals surface area contributed by atoms with Gasteiger partial charge in [0.05, 0.1) is 16.0 Å². The van der Waals surface area contributed by atoms with Crippen molar-refractivity contribution in [2.75, 3.05) is 6.54 Å². The quantitative estimate of drug-likeness (QED) is 0.672. The van der Waals surface area contributed by atoms with Gasteiger partial charge in [0.25, 0.3) is 0 Å². The minimum Gasteiger partial charge on any atom is -0.364 e. The van der Waals surface area contributed by atoms with Crippen LogP contribution in [0.15, 0.2) is 31.6 Å². The third-order valence-corrected chi connectivity index (χ3v) is 6.31. The highest BCUT2D eigenvalue weighted by Gasteiger charge is 2.21. The molecule has 0 fully saturated rings. The first-order valence-electron chi connectivity index (χ1n) is 6.40. The highest BCUT2D eigenvalue weighted by Crippen LogP contribution is 2.31. The predicted octanol–water partition coefficient (Wildman–Crippen LogP) is 2.48. The lowest BCUT2D eigenvalue weighted by Crippen LogP contribution is -2.23. The number of halogens is 1. The van der Waals surface area contributed by atoms with Crippen LogP contribution < -0.4 is 10.0 Å². The summed E-state index contributed by atoms with van der Waals surface area (Å²) in [5, 5.41) is 6.92. The van der Waals surface area contributed by atoms with Gasteiger partial charge >= 0.3 is 0 Å². The zero-order chi connectivity index (χ0) is 15.3. The van der Waals surface area contributed by atoms with Gasteiger partial charge in [-0.15, -0.1) is 11.3 Å². The molecule has 0 spiro atoms. The van der Waals surface area contributed by atoms with Gasteiger partial charge in [0.2, 0.25) is 10.0 Å². The average molecular weight is 394 g/mol. The maximum atomic E-state index is 12.3. The van der Waals surface area contributed by atoms with E-state index in [0.717, 1.165) is 17.8 Å². The Labute approximate surface area is 136 Å². The van der Waals surface area contributed by atoms with Crippen molar-refractivity contribution in [3.05, 3.63) is 32.8 Å². The first-order chi connectivity index (χ1) is 10.0. The van der Waals surface area contributed by atoms with Gasteiger partial charge in [0, 0.05) is 17.5 Å². The van der Waals surface area contributed by atoms with E-state index >= 15 is 0 Å². The van der Waals surface area contributed by atoms with E-state index in [-0.39, 0.29) is 11.4 Å². The Morgan fingerprint density at radius 3 is 2.90 bits per heavy atom. The molecule has 2 rings (SSSR count). The third kappa shape index (κ3) is 4.62. The smallest absolute Gasteiger partial charge is 0.242 e. The minimum absolute atomic E-state index is 0.102. The number of sulfonamides is 1. The summed E-state index contributed by atoms with van der Waals surface area (Å²) in [5.74, 6) is 0. The van der Waals surface area contributed by atoms with Gasteiger partial charge in [-0.1, -0.05) is 12.1 Å². The van der Waals surface area contributed by atoms with E-state index in [1.165, 1.54) is 17.6 Å². The van der Waals surface area contributed by atoms with Crippen LogP contribution in [-0.2, 0) is 23.1 Å². The number of thiophene rings is 1. The average Bonchev–Trinajstić information content (AvgIpc) is 3.07. The second-order valence-electron chi connectivity index (χ2n) is 4.34. The molecule has 2 heterocycles. The molecule has 6 nitrogen and oxygen atoms in total. The molecule has 2 aromatic heterocycles. The largest absolute Gasteiger partial charge is 0.364 e. The minimum atomic E-state index is -3.57. The fourth-order valence-corrected chi connectivity index (χ4v) is 5.28. The lowest BCUT2D eigenvalue weighted by molar-refractivity contribution is 0.411. The van der Waals surface area contributed by atoms with Gasteiger partial charge in [-0.3, -0.25) is 0 Å². The lowest BCUT2D eigenvalue weighted by Gasteiger charge is -2.03. The molecule has 0 unspecified atom stereocenters. The van der Waals surface area contributed by atoms with E-state index in [9.17, 15) is 8.42 Å². The number of hydrogen-bond acceptors (Lipinski definition) is 6. The molecule has 0 amide bonds. The van der Waals surface area contributed by atoms with Crippen molar-refractivity contribution in [1.82, 2.24) is 15.2 Å². The Morgan fingerprint density at radius 1 is 1.43 bits per heavy atom. The van der Waals surface area contributed by atoms with E-state index in [0.29, 0.717) is 16.0 Å². The summed E-state index contributed by atoms with van der Waals surface area (Å²) in [6, 6.07) is 3.30. The molecule has 0 saturated carbocycles. The van der Waals surface area contributed by atoms with E-state index in [1.807, 2.05) is 0 Å². The number of nitrogens with zero attached hydrogens (tertiary/aromatic N) is 1. The monoisotopic (exact) mass is 393 g/mol. The van der Waals surface area contributed by atoms with Crippen LogP contribution in [0.1, 0.15) is 23.9 Å². The molecule has 0 aliphatic heterocycles. The van der Waals surface area contributed by atoms with Gasteiger partial charge in [0.1, 0.15) is 11.2 Å². The van der Waals surface area contributed by atoms with Crippen LogP contribution in [0.4, 0.5) is 0 Å². The summed E-state index contributed by atoms with van der Waals surface area (Å²) < 4.78 is 32.3. The van der Waals surface area contributed by atoms with Crippen LogP contribution in [0.25, 0.3) is 0 Å². The SMILES string of the molecule is CCCNCc1cc(S(=O)(=O)NCc2ccon2)c(Br)s1. The van der Waals surface area contributed by atoms with Crippen molar-refractivity contribution in [3.63, 3.8) is 0 Å². The van der Waals surface area contributed by atoms with Crippen LogP contribution in [0.3, 0.4) is 0 Å². The van der Waals surface area contributed by atoms with Crippen LogP contribution in [0.2, 0.25) is 0 Å². The van der Waals surface area contributed by atoms with Crippen molar-refractivity contribution < 1.29 is 12.9 Å². The second-order valence-corrected chi connectivity index (χ2v) is 8.53. The van der Waals surface area contributed by atoms with Gasteiger partial charge in [-0.25, -0.2) is 13.1 Å². The Balaban J connectivity index is 2.05. The number of rotatable bonds is 8. The Hall–Kier alpha value is -0.740. The molecule has 2 aromatic rings. The molecule has 9 heteroatoms. The molecule has 0 aliphatic rings. The predicted molar refractivity (Wildman–Crippen MR) is 84.5 cm³/mol. The van der Waals surface area contributed by atoms with E-state index in [2.05, 4.69) is 42.6 Å². The highest BCUT2D eigenvalue weighted by atomic mass is 79.9. The molecule has 0 bridgehead atoms. The summed E-state index contributed by atoms with van der Waals surface area (Å²) in [6.45, 7) is 3.75. The third-order valence-electron chi connectivity index (χ3n) is 2.66. The summed E-state index contributed by atoms with van der Waals surface area (Å²) in [4.78, 5) is 1.22. The van der Waals surface area contributed by atoms with Crippen LogP contribution in [0.5, 0.6) is 0 Å². The molecular weight excluding hydrogens is 378 g/mol. The zero-order valence-corrected chi connectivity index (χ0v) is 14.6. The molecule has 0 aliphatic carbocycles. The molecule has 0 atom stereocenters. The number of nitrogens with one attached hydrogen (secondary N) is 2. The van der Waals surface area contributed by atoms with E-state index in [4.69, 9.17) is 0 Å². The van der Waals surface area contributed by atoms with Crippen molar-refractivity contribution >= 4 is 37.3 Å². The molecule has 21 heavy (non-hydrogen) atoms. The van der Waals surface area contributed by atoms with Crippen molar-refractivity contribution in [1.29, 1.82) is 0 Å². The molecule has 0 aromatic carbocycles. The standard InChI is InChI=1S/C12H16BrN3O3S2/c1-2-4-14-8-10-6-11(12(13)20-10)21(17,18)15-7-9-3-5-19-16-9/h3,5-6,14-15H,2,4,7-8H2,1H3. The maximum absolute atomic E-state index is 12.3. The van der Waals surface area contributed by atoms with E-state index in [1.54, 1.807) is 12.1 Å². The normalized spacial score (nSPS) is 11.9. The second kappa shape index (κ2) is 7.50. The fraction of sp³-hybridized carbons (Fsp3) is 0.417. The lowest BCUT2D eigenvalue weighted by atomic mass is 10.4. The van der Waals surface area contributed by atoms with Gasteiger partial charge in [-0.05, 0) is 35.0 Å². The van der Waals surface area contributed by atoms with Gasteiger partial charge in [0.15, 0.2) is 0 Å². The molecule has 116 valence electrons. The molecule has 0 saturated heterocycles. The summed E-state index contributed by atoms with van der Waals surface area (Å²) in [6.07, 6.45) is 2.44. The van der Waals surface area contributed by atoms with Crippen molar-refractivity contribution in [2.45, 2.75) is 31.3 Å². The van der Waals surface area contributed by atoms with Gasteiger partial charge < -0.3 is 9.84 Å². The summed E-state index contributed by atoms with van der Waals surface area (Å²) in [7, 11) is -3.57. The highest BCUT2D eigenvalue weighted by molar-refractivity contribution is 9.11. The fourth-order valence-electron chi connectivity index (χ4n) is 1.63.